The van der Waals surface area contributed by atoms with Crippen LogP contribution in [-0.4, -0.2) is 43.4 Å². The van der Waals surface area contributed by atoms with Gasteiger partial charge in [-0.1, -0.05) is 48.6 Å². The number of likely N-dealkylation sites (tertiary alicyclic amines) is 2. The molecule has 2 aliphatic heterocycles. The zero-order chi connectivity index (χ0) is 19.8. The van der Waals surface area contributed by atoms with Gasteiger partial charge in [0.25, 0.3) is 0 Å². The molecular weight excluding hydrogens is 471 g/mol. The van der Waals surface area contributed by atoms with Crippen LogP contribution in [0.4, 0.5) is 0 Å². The molecule has 5 rings (SSSR count). The van der Waals surface area contributed by atoms with Crippen molar-refractivity contribution in [2.45, 2.75) is 43.4 Å². The Bertz CT molecular complexity index is 886. The highest BCUT2D eigenvalue weighted by molar-refractivity contribution is 14.1. The number of benzene rings is 2. The summed E-state index contributed by atoms with van der Waals surface area (Å²) >= 11 is 2.37. The maximum Gasteiger partial charge on any atom is 0.163 e. The SMILES string of the molecule is O[C@@H]1CC[NH+](Cc2ccc(I)cc2)C[C@H]1[NH+]1CCC2(C=Cc3ccccc32)CC1. The van der Waals surface area contributed by atoms with Crippen LogP contribution in [0.3, 0.4) is 0 Å². The molecule has 0 saturated carbocycles. The first-order valence-corrected chi connectivity index (χ1v) is 12.1. The lowest BCUT2D eigenvalue weighted by Crippen LogP contribution is -3.26. The summed E-state index contributed by atoms with van der Waals surface area (Å²) < 4.78 is 1.29. The van der Waals surface area contributed by atoms with Crippen LogP contribution in [0.1, 0.15) is 36.0 Å². The second-order valence-corrected chi connectivity index (χ2v) is 10.5. The third-order valence-electron chi connectivity index (χ3n) is 7.52. The van der Waals surface area contributed by atoms with Crippen LogP contribution in [0.5, 0.6) is 0 Å². The van der Waals surface area contributed by atoms with Gasteiger partial charge in [0.05, 0.1) is 19.6 Å². The van der Waals surface area contributed by atoms with Gasteiger partial charge in [0, 0.05) is 33.8 Å². The third-order valence-corrected chi connectivity index (χ3v) is 8.24. The molecule has 2 fully saturated rings. The van der Waals surface area contributed by atoms with Crippen molar-refractivity contribution in [3.63, 3.8) is 0 Å². The van der Waals surface area contributed by atoms with E-state index in [4.69, 9.17) is 0 Å². The van der Waals surface area contributed by atoms with E-state index in [9.17, 15) is 5.11 Å². The van der Waals surface area contributed by atoms with Crippen molar-refractivity contribution >= 4 is 28.7 Å². The minimum Gasteiger partial charge on any atom is -0.386 e. The van der Waals surface area contributed by atoms with Crippen LogP contribution in [0.25, 0.3) is 6.08 Å². The lowest BCUT2D eigenvalue weighted by molar-refractivity contribution is -0.996. The van der Waals surface area contributed by atoms with E-state index in [1.165, 1.54) is 33.1 Å². The largest absolute Gasteiger partial charge is 0.386 e. The lowest BCUT2D eigenvalue weighted by Gasteiger charge is -2.43. The van der Waals surface area contributed by atoms with Gasteiger partial charge in [0.1, 0.15) is 19.2 Å². The first-order chi connectivity index (χ1) is 14.1. The number of allylic oxidation sites excluding steroid dienone is 1. The van der Waals surface area contributed by atoms with Crippen LogP contribution in [0, 0.1) is 3.57 Å². The van der Waals surface area contributed by atoms with Gasteiger partial charge in [0.15, 0.2) is 6.04 Å². The van der Waals surface area contributed by atoms with E-state index in [1.54, 1.807) is 9.80 Å². The number of nitrogens with one attached hydrogen (secondary N) is 2. The molecule has 2 aromatic carbocycles. The normalized spacial score (nSPS) is 33.7. The Kier molecular flexibility index (Phi) is 5.54. The summed E-state index contributed by atoms with van der Waals surface area (Å²) in [4.78, 5) is 3.25. The lowest BCUT2D eigenvalue weighted by atomic mass is 9.74. The van der Waals surface area contributed by atoms with Crippen LogP contribution < -0.4 is 9.80 Å². The second kappa shape index (κ2) is 8.14. The van der Waals surface area contributed by atoms with Crippen LogP contribution in [-0.2, 0) is 12.0 Å². The van der Waals surface area contributed by atoms with E-state index in [0.29, 0.717) is 6.04 Å². The monoisotopic (exact) mass is 502 g/mol. The number of fused-ring (bicyclic) bond motifs is 2. The van der Waals surface area contributed by atoms with Crippen molar-refractivity contribution in [2.75, 3.05) is 26.2 Å². The zero-order valence-corrected chi connectivity index (χ0v) is 19.1. The standard InChI is InChI=1S/C25H29IN2O/c26-21-7-5-19(6-8-21)17-27-14-10-24(29)23(18-27)28-15-12-25(13-16-28)11-9-20-3-1-2-4-22(20)25/h1-9,11,23-24,29H,10,12-18H2/p+2/t23-,24-/m1/s1. The van der Waals surface area contributed by atoms with E-state index >= 15 is 0 Å². The quantitative estimate of drug-likeness (QED) is 0.546. The number of hydrogen-bond acceptors (Lipinski definition) is 1. The Labute approximate surface area is 187 Å². The minimum absolute atomic E-state index is 0.147. The molecule has 0 amide bonds. The zero-order valence-electron chi connectivity index (χ0n) is 16.9. The number of quaternary nitrogens is 2. The van der Waals surface area contributed by atoms with E-state index in [0.717, 1.165) is 39.1 Å². The van der Waals surface area contributed by atoms with Gasteiger partial charge < -0.3 is 14.9 Å². The highest BCUT2D eigenvalue weighted by Gasteiger charge is 2.45. The topological polar surface area (TPSA) is 29.1 Å². The number of aliphatic hydroxyl groups is 1. The van der Waals surface area contributed by atoms with Crippen molar-refractivity contribution in [2.24, 2.45) is 0 Å². The van der Waals surface area contributed by atoms with E-state index in [1.807, 2.05) is 0 Å². The average Bonchev–Trinajstić information content (AvgIpc) is 3.10. The number of hydrogen-bond donors (Lipinski definition) is 3. The third kappa shape index (κ3) is 3.92. The predicted molar refractivity (Wildman–Crippen MR) is 125 cm³/mol. The predicted octanol–water partition coefficient (Wildman–Crippen LogP) is 1.45. The molecule has 2 heterocycles. The maximum absolute atomic E-state index is 10.8. The van der Waals surface area contributed by atoms with Crippen LogP contribution >= 0.6 is 22.6 Å². The van der Waals surface area contributed by atoms with Gasteiger partial charge in [-0.3, -0.25) is 0 Å². The Hall–Kier alpha value is -1.21. The fraction of sp³-hybridized carbons (Fsp3) is 0.440. The van der Waals surface area contributed by atoms with Crippen molar-refractivity contribution in [3.8, 4) is 0 Å². The van der Waals surface area contributed by atoms with Crippen molar-refractivity contribution in [3.05, 3.63) is 74.9 Å². The first kappa shape index (κ1) is 19.7. The van der Waals surface area contributed by atoms with Crippen LogP contribution in [0.2, 0.25) is 0 Å². The molecule has 0 aromatic heterocycles. The molecule has 1 unspecified atom stereocenters. The molecule has 0 bridgehead atoms. The molecule has 1 aliphatic carbocycles. The summed E-state index contributed by atoms with van der Waals surface area (Å²) in [5.41, 5.74) is 4.58. The molecule has 29 heavy (non-hydrogen) atoms. The van der Waals surface area contributed by atoms with E-state index in [2.05, 4.69) is 83.3 Å². The van der Waals surface area contributed by atoms with Gasteiger partial charge >= 0.3 is 0 Å². The fourth-order valence-corrected chi connectivity index (χ4v) is 6.19. The molecule has 1 spiro atoms. The molecule has 0 radical (unpaired) electrons. The Morgan fingerprint density at radius 3 is 2.55 bits per heavy atom. The summed E-state index contributed by atoms with van der Waals surface area (Å²) in [6.07, 6.45) is 7.97. The molecule has 3 aliphatic rings. The van der Waals surface area contributed by atoms with Gasteiger partial charge in [-0.05, 0) is 45.9 Å². The van der Waals surface area contributed by atoms with Gasteiger partial charge in [-0.15, -0.1) is 0 Å². The first-order valence-electron chi connectivity index (χ1n) is 11.0. The summed E-state index contributed by atoms with van der Waals surface area (Å²) in [6, 6.07) is 18.2. The molecule has 3 nitrogen and oxygen atoms in total. The van der Waals surface area contributed by atoms with Crippen molar-refractivity contribution in [1.82, 2.24) is 0 Å². The number of rotatable bonds is 3. The minimum atomic E-state index is -0.147. The molecule has 152 valence electrons. The van der Waals surface area contributed by atoms with Crippen molar-refractivity contribution in [1.29, 1.82) is 0 Å². The Balaban J connectivity index is 1.24. The second-order valence-electron chi connectivity index (χ2n) is 9.20. The average molecular weight is 502 g/mol. The highest BCUT2D eigenvalue weighted by Crippen LogP contribution is 2.41. The molecule has 3 N–H and O–H groups in total. The fourth-order valence-electron chi connectivity index (χ4n) is 5.83. The maximum atomic E-state index is 10.8. The molecule has 2 saturated heterocycles. The summed E-state index contributed by atoms with van der Waals surface area (Å²) in [5, 5.41) is 10.8. The van der Waals surface area contributed by atoms with E-state index < -0.39 is 0 Å². The number of halogens is 1. The molecule has 4 heteroatoms. The number of aliphatic hydroxyl groups excluding tert-OH is 1. The van der Waals surface area contributed by atoms with Crippen LogP contribution in [0.15, 0.2) is 54.6 Å². The van der Waals surface area contributed by atoms with Gasteiger partial charge in [-0.25, -0.2) is 0 Å². The highest BCUT2D eigenvalue weighted by atomic mass is 127. The smallest absolute Gasteiger partial charge is 0.163 e. The van der Waals surface area contributed by atoms with E-state index in [-0.39, 0.29) is 11.5 Å². The summed E-state index contributed by atoms with van der Waals surface area (Å²) in [7, 11) is 0. The summed E-state index contributed by atoms with van der Waals surface area (Å²) in [5.74, 6) is 0. The molecule has 2 aromatic rings. The molecule has 3 atom stereocenters. The van der Waals surface area contributed by atoms with Gasteiger partial charge in [-0.2, -0.15) is 0 Å². The van der Waals surface area contributed by atoms with Crippen molar-refractivity contribution < 1.29 is 14.9 Å². The Morgan fingerprint density at radius 2 is 1.76 bits per heavy atom. The van der Waals surface area contributed by atoms with Gasteiger partial charge in [0.2, 0.25) is 0 Å². The Morgan fingerprint density at radius 1 is 1.00 bits per heavy atom. The summed E-state index contributed by atoms with van der Waals surface area (Å²) in [6.45, 7) is 5.57. The number of piperidine rings is 2. The molecular formula is C25H31IN2O+2.